The van der Waals surface area contributed by atoms with Crippen LogP contribution in [0.2, 0.25) is 0 Å². The highest BCUT2D eigenvalue weighted by Crippen LogP contribution is 2.14. The molecule has 0 atom stereocenters. The average Bonchev–Trinajstić information content (AvgIpc) is 2.42. The molecule has 0 rings (SSSR count). The summed E-state index contributed by atoms with van der Waals surface area (Å²) in [5.74, 6) is 1.04. The van der Waals surface area contributed by atoms with E-state index in [9.17, 15) is 4.79 Å². The lowest BCUT2D eigenvalue weighted by Gasteiger charge is -2.02. The molecule has 19 heavy (non-hydrogen) atoms. The largest absolute Gasteiger partial charge is 0.287 e. The van der Waals surface area contributed by atoms with Crippen molar-refractivity contribution in [3.63, 3.8) is 0 Å². The van der Waals surface area contributed by atoms with Gasteiger partial charge in [0.05, 0.1) is 0 Å². The Kier molecular flexibility index (Phi) is 16.1. The fourth-order valence-corrected chi connectivity index (χ4v) is 3.03. The quantitative estimate of drug-likeness (QED) is 0.346. The number of thioether (sulfide) groups is 1. The van der Waals surface area contributed by atoms with E-state index in [1.165, 1.54) is 64.2 Å². The van der Waals surface area contributed by atoms with Crippen molar-refractivity contribution in [1.29, 1.82) is 0 Å². The smallest absolute Gasteiger partial charge is 0.188 e. The maximum absolute atomic E-state index is 11.4. The van der Waals surface area contributed by atoms with Crippen molar-refractivity contribution in [2.75, 3.05) is 5.75 Å². The predicted molar refractivity (Wildman–Crippen MR) is 88.8 cm³/mol. The predicted octanol–water partition coefficient (Wildman–Crippen LogP) is 6.36. The first kappa shape index (κ1) is 19.0. The third-order valence-corrected chi connectivity index (χ3v) is 4.51. The van der Waals surface area contributed by atoms with Crippen LogP contribution in [0.3, 0.4) is 0 Å². The maximum atomic E-state index is 11.4. The van der Waals surface area contributed by atoms with Crippen molar-refractivity contribution in [3.8, 4) is 0 Å². The van der Waals surface area contributed by atoms with E-state index in [-0.39, 0.29) is 0 Å². The van der Waals surface area contributed by atoms with Crippen LogP contribution in [0, 0.1) is 0 Å². The van der Waals surface area contributed by atoms with Crippen molar-refractivity contribution in [2.24, 2.45) is 0 Å². The van der Waals surface area contributed by atoms with Crippen LogP contribution in [0.15, 0.2) is 0 Å². The molecule has 0 aliphatic heterocycles. The van der Waals surface area contributed by atoms with Gasteiger partial charge in [0, 0.05) is 12.2 Å². The first-order valence-electron chi connectivity index (χ1n) is 8.46. The first-order valence-corrected chi connectivity index (χ1v) is 9.45. The van der Waals surface area contributed by atoms with E-state index in [1.54, 1.807) is 11.8 Å². The summed E-state index contributed by atoms with van der Waals surface area (Å²) >= 11 is 1.55. The molecule has 0 unspecified atom stereocenters. The van der Waals surface area contributed by atoms with Gasteiger partial charge in [-0.25, -0.2) is 0 Å². The zero-order valence-electron chi connectivity index (χ0n) is 13.2. The van der Waals surface area contributed by atoms with Gasteiger partial charge in [0.2, 0.25) is 0 Å². The zero-order chi connectivity index (χ0) is 14.2. The Balaban J connectivity index is 3.04. The van der Waals surface area contributed by atoms with Crippen LogP contribution in [-0.2, 0) is 4.79 Å². The van der Waals surface area contributed by atoms with E-state index >= 15 is 0 Å². The molecule has 0 aromatic rings. The van der Waals surface area contributed by atoms with Gasteiger partial charge < -0.3 is 0 Å². The van der Waals surface area contributed by atoms with Gasteiger partial charge >= 0.3 is 0 Å². The van der Waals surface area contributed by atoms with Gasteiger partial charge in [-0.1, -0.05) is 89.8 Å². The van der Waals surface area contributed by atoms with E-state index in [0.717, 1.165) is 25.0 Å². The van der Waals surface area contributed by atoms with Gasteiger partial charge in [-0.3, -0.25) is 4.79 Å². The van der Waals surface area contributed by atoms with Crippen molar-refractivity contribution >= 4 is 16.9 Å². The Labute approximate surface area is 125 Å². The second-order valence-electron chi connectivity index (χ2n) is 5.51. The number of carbonyl (C=O) groups is 1. The molecule has 2 heteroatoms. The molecule has 1 nitrogen and oxygen atoms in total. The minimum atomic E-state index is 0.401. The molecule has 0 amide bonds. The zero-order valence-corrected chi connectivity index (χ0v) is 14.0. The monoisotopic (exact) mass is 286 g/mol. The number of rotatable bonds is 14. The number of hydrogen-bond donors (Lipinski definition) is 0. The lowest BCUT2D eigenvalue weighted by molar-refractivity contribution is -0.111. The third-order valence-electron chi connectivity index (χ3n) is 3.50. The summed E-state index contributed by atoms with van der Waals surface area (Å²) in [6.07, 6.45) is 16.7. The van der Waals surface area contributed by atoms with Crippen LogP contribution in [-0.4, -0.2) is 10.9 Å². The number of unbranched alkanes of at least 4 members (excludes halogenated alkanes) is 10. The molecule has 0 fully saturated rings. The molecular formula is C17H34OS. The summed E-state index contributed by atoms with van der Waals surface area (Å²) in [4.78, 5) is 11.4. The van der Waals surface area contributed by atoms with Gasteiger partial charge in [0.1, 0.15) is 0 Å². The van der Waals surface area contributed by atoms with Crippen LogP contribution in [0.5, 0.6) is 0 Å². The Morgan fingerprint density at radius 2 is 1.16 bits per heavy atom. The summed E-state index contributed by atoms with van der Waals surface area (Å²) in [6.45, 7) is 4.41. The van der Waals surface area contributed by atoms with Crippen molar-refractivity contribution in [3.05, 3.63) is 0 Å². The molecule has 0 saturated heterocycles. The fourth-order valence-electron chi connectivity index (χ4n) is 2.17. The topological polar surface area (TPSA) is 17.1 Å². The Hall–Kier alpha value is 0.0200. The van der Waals surface area contributed by atoms with E-state index in [4.69, 9.17) is 0 Å². The van der Waals surface area contributed by atoms with E-state index in [0.29, 0.717) is 5.12 Å². The Morgan fingerprint density at radius 3 is 1.68 bits per heavy atom. The SMILES string of the molecule is CCCCCCCCCCCCSC(=O)CCCC. The first-order chi connectivity index (χ1) is 9.31. The molecule has 0 radical (unpaired) electrons. The van der Waals surface area contributed by atoms with E-state index < -0.39 is 0 Å². The normalized spacial score (nSPS) is 10.8. The lowest BCUT2D eigenvalue weighted by atomic mass is 10.1. The molecule has 0 aliphatic carbocycles. The van der Waals surface area contributed by atoms with Crippen LogP contribution < -0.4 is 0 Å². The van der Waals surface area contributed by atoms with Crippen molar-refractivity contribution in [2.45, 2.75) is 97.3 Å². The molecule has 0 aromatic carbocycles. The second-order valence-corrected chi connectivity index (χ2v) is 6.66. The summed E-state index contributed by atoms with van der Waals surface area (Å²) in [6, 6.07) is 0. The van der Waals surface area contributed by atoms with Crippen LogP contribution in [0.1, 0.15) is 97.3 Å². The summed E-state index contributed by atoms with van der Waals surface area (Å²) < 4.78 is 0. The average molecular weight is 287 g/mol. The highest BCUT2D eigenvalue weighted by atomic mass is 32.2. The Bertz CT molecular complexity index is 192. The standard InChI is InChI=1S/C17H34OS/c1-3-5-7-8-9-10-11-12-13-14-16-19-17(18)15-6-4-2/h3-16H2,1-2H3. The molecule has 0 heterocycles. The van der Waals surface area contributed by atoms with E-state index in [1.807, 2.05) is 0 Å². The molecule has 0 aliphatic rings. The Morgan fingerprint density at radius 1 is 0.684 bits per heavy atom. The highest BCUT2D eigenvalue weighted by molar-refractivity contribution is 8.13. The summed E-state index contributed by atoms with van der Waals surface area (Å²) in [5.41, 5.74) is 0. The molecule has 0 bridgehead atoms. The van der Waals surface area contributed by atoms with Crippen molar-refractivity contribution in [1.82, 2.24) is 0 Å². The van der Waals surface area contributed by atoms with Gasteiger partial charge in [-0.15, -0.1) is 0 Å². The van der Waals surface area contributed by atoms with Crippen LogP contribution in [0.4, 0.5) is 0 Å². The minimum absolute atomic E-state index is 0.401. The highest BCUT2D eigenvalue weighted by Gasteiger charge is 2.01. The molecule has 0 aromatic heterocycles. The number of hydrogen-bond acceptors (Lipinski definition) is 2. The minimum Gasteiger partial charge on any atom is -0.287 e. The number of carbonyl (C=O) groups excluding carboxylic acids is 1. The van der Waals surface area contributed by atoms with Crippen molar-refractivity contribution < 1.29 is 4.79 Å². The fraction of sp³-hybridized carbons (Fsp3) is 0.941. The third kappa shape index (κ3) is 16.0. The molecule has 0 spiro atoms. The molecular weight excluding hydrogens is 252 g/mol. The lowest BCUT2D eigenvalue weighted by Crippen LogP contribution is -1.93. The molecule has 114 valence electrons. The molecule has 0 saturated carbocycles. The van der Waals surface area contributed by atoms with Gasteiger partial charge in [-0.2, -0.15) is 0 Å². The van der Waals surface area contributed by atoms with Gasteiger partial charge in [-0.05, 0) is 12.8 Å². The van der Waals surface area contributed by atoms with Gasteiger partial charge in [0.15, 0.2) is 5.12 Å². The summed E-state index contributed by atoms with van der Waals surface area (Å²) in [7, 11) is 0. The van der Waals surface area contributed by atoms with Crippen LogP contribution >= 0.6 is 11.8 Å². The van der Waals surface area contributed by atoms with E-state index in [2.05, 4.69) is 13.8 Å². The van der Waals surface area contributed by atoms with Gasteiger partial charge in [0.25, 0.3) is 0 Å². The van der Waals surface area contributed by atoms with Crippen LogP contribution in [0.25, 0.3) is 0 Å². The second kappa shape index (κ2) is 16.1. The maximum Gasteiger partial charge on any atom is 0.188 e. The summed E-state index contributed by atoms with van der Waals surface area (Å²) in [5, 5.41) is 0.401. The molecule has 0 N–H and O–H groups in total.